The van der Waals surface area contributed by atoms with Crippen LogP contribution in [0.2, 0.25) is 0 Å². The van der Waals surface area contributed by atoms with E-state index in [4.69, 9.17) is 5.11 Å². The maximum absolute atomic E-state index is 11.6. The Morgan fingerprint density at radius 1 is 1.41 bits per heavy atom. The third-order valence-corrected chi connectivity index (χ3v) is 3.62. The number of hydrogen-bond donors (Lipinski definition) is 3. The van der Waals surface area contributed by atoms with E-state index in [2.05, 4.69) is 24.5 Å². The minimum Gasteiger partial charge on any atom is -0.396 e. The number of amides is 2. The van der Waals surface area contributed by atoms with Crippen LogP contribution >= 0.6 is 0 Å². The molecule has 2 amide bonds. The van der Waals surface area contributed by atoms with E-state index < -0.39 is 0 Å². The number of hydrogen-bond acceptors (Lipinski definition) is 2. The second kappa shape index (κ2) is 7.54. The number of rotatable bonds is 7. The topological polar surface area (TPSA) is 61.4 Å². The van der Waals surface area contributed by atoms with Crippen molar-refractivity contribution >= 4 is 6.03 Å². The van der Waals surface area contributed by atoms with Crippen LogP contribution < -0.4 is 10.6 Å². The number of urea groups is 1. The molecule has 1 saturated carbocycles. The first kappa shape index (κ1) is 14.3. The Hall–Kier alpha value is -0.770. The molecule has 1 fully saturated rings. The summed E-state index contributed by atoms with van der Waals surface area (Å²) in [5, 5.41) is 14.7. The van der Waals surface area contributed by atoms with Crippen molar-refractivity contribution in [2.45, 2.75) is 52.0 Å². The maximum atomic E-state index is 11.6. The molecule has 0 radical (unpaired) electrons. The summed E-state index contributed by atoms with van der Waals surface area (Å²) >= 11 is 0. The smallest absolute Gasteiger partial charge is 0.315 e. The molecule has 1 aliphatic rings. The molecule has 3 N–H and O–H groups in total. The van der Waals surface area contributed by atoms with Gasteiger partial charge in [0.05, 0.1) is 0 Å². The number of carbonyl (C=O) groups is 1. The van der Waals surface area contributed by atoms with Crippen LogP contribution in [0.1, 0.15) is 46.0 Å². The Morgan fingerprint density at radius 3 is 2.59 bits per heavy atom. The molecule has 0 saturated heterocycles. The molecule has 4 nitrogen and oxygen atoms in total. The fourth-order valence-electron chi connectivity index (χ4n) is 2.10. The van der Waals surface area contributed by atoms with Crippen LogP contribution in [0.25, 0.3) is 0 Å². The summed E-state index contributed by atoms with van der Waals surface area (Å²) in [6.45, 7) is 4.98. The Morgan fingerprint density at radius 2 is 2.12 bits per heavy atom. The van der Waals surface area contributed by atoms with E-state index in [0.29, 0.717) is 12.3 Å². The Balaban J connectivity index is 2.12. The normalized spacial score (nSPS) is 17.6. The summed E-state index contributed by atoms with van der Waals surface area (Å²) in [5.74, 6) is 1.17. The molecule has 17 heavy (non-hydrogen) atoms. The first-order valence-electron chi connectivity index (χ1n) is 6.78. The molecule has 1 unspecified atom stereocenters. The second-order valence-corrected chi connectivity index (χ2v) is 5.35. The summed E-state index contributed by atoms with van der Waals surface area (Å²) in [7, 11) is 0. The SMILES string of the molecule is CC(C)C(CCO)NC(=O)NCCC1CCC1. The average molecular weight is 242 g/mol. The molecule has 0 bridgehead atoms. The van der Waals surface area contributed by atoms with Crippen LogP contribution in [0.4, 0.5) is 4.79 Å². The number of carbonyl (C=O) groups excluding carboxylic acids is 1. The van der Waals surface area contributed by atoms with Gasteiger partial charge in [-0.3, -0.25) is 0 Å². The molecular weight excluding hydrogens is 216 g/mol. The van der Waals surface area contributed by atoms with Crippen molar-refractivity contribution in [3.8, 4) is 0 Å². The summed E-state index contributed by atoms with van der Waals surface area (Å²) in [5.41, 5.74) is 0. The van der Waals surface area contributed by atoms with Crippen molar-refractivity contribution in [1.29, 1.82) is 0 Å². The molecule has 100 valence electrons. The third kappa shape index (κ3) is 5.39. The van der Waals surface area contributed by atoms with Gasteiger partial charge in [0.25, 0.3) is 0 Å². The summed E-state index contributed by atoms with van der Waals surface area (Å²) in [6, 6.07) is -0.0415. The predicted molar refractivity (Wildman–Crippen MR) is 68.8 cm³/mol. The first-order valence-corrected chi connectivity index (χ1v) is 6.78. The van der Waals surface area contributed by atoms with Gasteiger partial charge in [0.2, 0.25) is 0 Å². The molecule has 1 atom stereocenters. The van der Waals surface area contributed by atoms with Crippen molar-refractivity contribution in [2.75, 3.05) is 13.2 Å². The lowest BCUT2D eigenvalue weighted by Crippen LogP contribution is -2.45. The lowest BCUT2D eigenvalue weighted by Gasteiger charge is -2.26. The molecule has 0 spiro atoms. The van der Waals surface area contributed by atoms with Gasteiger partial charge in [-0.2, -0.15) is 0 Å². The van der Waals surface area contributed by atoms with E-state index in [1.54, 1.807) is 0 Å². The zero-order valence-electron chi connectivity index (χ0n) is 11.0. The van der Waals surface area contributed by atoms with Gasteiger partial charge in [0.15, 0.2) is 0 Å². The Bertz CT molecular complexity index is 227. The molecule has 4 heteroatoms. The van der Waals surface area contributed by atoms with Crippen LogP contribution in [0.15, 0.2) is 0 Å². The van der Waals surface area contributed by atoms with Gasteiger partial charge >= 0.3 is 6.03 Å². The zero-order valence-corrected chi connectivity index (χ0v) is 11.0. The van der Waals surface area contributed by atoms with Crippen LogP contribution in [-0.4, -0.2) is 30.3 Å². The minimum absolute atomic E-state index is 0.0590. The number of aliphatic hydroxyl groups excluding tert-OH is 1. The molecule has 1 rings (SSSR count). The number of aliphatic hydroxyl groups is 1. The van der Waals surface area contributed by atoms with Gasteiger partial charge < -0.3 is 15.7 Å². The van der Waals surface area contributed by atoms with Crippen molar-refractivity contribution in [1.82, 2.24) is 10.6 Å². The van der Waals surface area contributed by atoms with Gasteiger partial charge in [0, 0.05) is 19.2 Å². The quantitative estimate of drug-likeness (QED) is 0.638. The fraction of sp³-hybridized carbons (Fsp3) is 0.923. The number of nitrogens with one attached hydrogen (secondary N) is 2. The van der Waals surface area contributed by atoms with Crippen molar-refractivity contribution in [3.05, 3.63) is 0 Å². The largest absolute Gasteiger partial charge is 0.396 e. The average Bonchev–Trinajstić information content (AvgIpc) is 2.21. The van der Waals surface area contributed by atoms with Gasteiger partial charge in [-0.15, -0.1) is 0 Å². The lowest BCUT2D eigenvalue weighted by atomic mass is 9.83. The minimum atomic E-state index is -0.100. The standard InChI is InChI=1S/C13H26N2O2/c1-10(2)12(7-9-16)15-13(17)14-8-6-11-4-3-5-11/h10-12,16H,3-9H2,1-2H3,(H2,14,15,17). The maximum Gasteiger partial charge on any atom is 0.315 e. The van der Waals surface area contributed by atoms with Crippen molar-refractivity contribution in [2.24, 2.45) is 11.8 Å². The molecule has 0 aliphatic heterocycles. The van der Waals surface area contributed by atoms with E-state index in [9.17, 15) is 4.79 Å². The molecule has 0 heterocycles. The van der Waals surface area contributed by atoms with Crippen molar-refractivity contribution in [3.63, 3.8) is 0 Å². The Kier molecular flexibility index (Phi) is 6.34. The third-order valence-electron chi connectivity index (χ3n) is 3.62. The highest BCUT2D eigenvalue weighted by atomic mass is 16.3. The van der Waals surface area contributed by atoms with Crippen LogP contribution in [0, 0.1) is 11.8 Å². The molecule has 1 aliphatic carbocycles. The highest BCUT2D eigenvalue weighted by molar-refractivity contribution is 5.74. The van der Waals surface area contributed by atoms with E-state index >= 15 is 0 Å². The van der Waals surface area contributed by atoms with Gasteiger partial charge in [-0.25, -0.2) is 4.79 Å². The fourth-order valence-corrected chi connectivity index (χ4v) is 2.10. The van der Waals surface area contributed by atoms with Gasteiger partial charge in [-0.1, -0.05) is 33.1 Å². The Labute approximate surface area is 104 Å². The molecule has 0 aromatic heterocycles. The first-order chi connectivity index (χ1) is 8.13. The van der Waals surface area contributed by atoms with Crippen LogP contribution in [-0.2, 0) is 0 Å². The summed E-state index contributed by atoms with van der Waals surface area (Å²) in [6.07, 6.45) is 5.71. The highest BCUT2D eigenvalue weighted by Crippen LogP contribution is 2.28. The van der Waals surface area contributed by atoms with Gasteiger partial charge in [-0.05, 0) is 24.7 Å². The monoisotopic (exact) mass is 242 g/mol. The van der Waals surface area contributed by atoms with Crippen LogP contribution in [0.3, 0.4) is 0 Å². The van der Waals surface area contributed by atoms with Gasteiger partial charge in [0.1, 0.15) is 0 Å². The zero-order chi connectivity index (χ0) is 12.7. The van der Waals surface area contributed by atoms with E-state index in [-0.39, 0.29) is 18.7 Å². The molecule has 0 aromatic carbocycles. The molecular formula is C13H26N2O2. The predicted octanol–water partition coefficient (Wildman–Crippen LogP) is 1.88. The van der Waals surface area contributed by atoms with Crippen molar-refractivity contribution < 1.29 is 9.90 Å². The van der Waals surface area contributed by atoms with E-state index in [0.717, 1.165) is 18.9 Å². The lowest BCUT2D eigenvalue weighted by molar-refractivity contribution is 0.217. The highest BCUT2D eigenvalue weighted by Gasteiger charge is 2.18. The molecule has 0 aromatic rings. The van der Waals surface area contributed by atoms with Crippen LogP contribution in [0.5, 0.6) is 0 Å². The second-order valence-electron chi connectivity index (χ2n) is 5.35. The summed E-state index contributed by atoms with van der Waals surface area (Å²) < 4.78 is 0. The van der Waals surface area contributed by atoms with E-state index in [1.165, 1.54) is 19.3 Å². The summed E-state index contributed by atoms with van der Waals surface area (Å²) in [4.78, 5) is 11.6. The van der Waals surface area contributed by atoms with E-state index in [1.807, 2.05) is 0 Å².